The molecule has 0 bridgehead atoms. The Bertz CT molecular complexity index is 275. The number of hydrogen-bond donors (Lipinski definition) is 3. The first-order chi connectivity index (χ1) is 10.0. The smallest absolute Gasteiger partial charge is 0.191 e. The molecule has 134 valence electrons. The highest BCUT2D eigenvalue weighted by Gasteiger charge is 2.10. The van der Waals surface area contributed by atoms with E-state index in [1.165, 1.54) is 0 Å². The van der Waals surface area contributed by atoms with E-state index < -0.39 is 0 Å². The van der Waals surface area contributed by atoms with Gasteiger partial charge in [-0.25, -0.2) is 0 Å². The molecule has 1 atom stereocenters. The van der Waals surface area contributed by atoms with Gasteiger partial charge in [-0.2, -0.15) is 0 Å². The molecule has 0 aliphatic heterocycles. The monoisotopic (exact) mass is 428 g/mol. The number of aliphatic hydroxyl groups excluding tert-OH is 1. The molecule has 5 nitrogen and oxygen atoms in total. The minimum absolute atomic E-state index is 0. The van der Waals surface area contributed by atoms with Crippen LogP contribution in [0.15, 0.2) is 4.99 Å². The molecule has 0 fully saturated rings. The fourth-order valence-electron chi connectivity index (χ4n) is 2.22. The summed E-state index contributed by atoms with van der Waals surface area (Å²) in [7, 11) is 2.12. The molecular weight excluding hydrogens is 391 g/mol. The van der Waals surface area contributed by atoms with Crippen LogP contribution in [0, 0.1) is 11.8 Å². The molecule has 6 heteroatoms. The molecule has 0 aromatic heterocycles. The predicted molar refractivity (Wildman–Crippen MR) is 107 cm³/mol. The van der Waals surface area contributed by atoms with E-state index in [4.69, 9.17) is 5.11 Å². The lowest BCUT2D eigenvalue weighted by molar-refractivity contribution is 0.245. The van der Waals surface area contributed by atoms with E-state index in [-0.39, 0.29) is 30.6 Å². The van der Waals surface area contributed by atoms with Crippen molar-refractivity contribution < 1.29 is 5.11 Å². The molecule has 0 aliphatic carbocycles. The Morgan fingerprint density at radius 1 is 1.23 bits per heavy atom. The van der Waals surface area contributed by atoms with Crippen LogP contribution in [0.2, 0.25) is 0 Å². The van der Waals surface area contributed by atoms with Crippen molar-refractivity contribution in [2.45, 2.75) is 40.5 Å². The summed E-state index contributed by atoms with van der Waals surface area (Å²) >= 11 is 0. The average Bonchev–Trinajstić information content (AvgIpc) is 2.43. The zero-order valence-corrected chi connectivity index (χ0v) is 17.4. The molecule has 0 saturated carbocycles. The van der Waals surface area contributed by atoms with Crippen molar-refractivity contribution in [3.05, 3.63) is 0 Å². The summed E-state index contributed by atoms with van der Waals surface area (Å²) < 4.78 is 0. The third kappa shape index (κ3) is 13.6. The SMILES string of the molecule is CCNC(=NCC(CCO)CC(C)C)NCCN(C)CC.I. The molecule has 0 amide bonds. The highest BCUT2D eigenvalue weighted by molar-refractivity contribution is 14.0. The van der Waals surface area contributed by atoms with Crippen LogP contribution >= 0.6 is 24.0 Å². The second kappa shape index (κ2) is 15.8. The number of halogens is 1. The number of aliphatic hydroxyl groups is 1. The van der Waals surface area contributed by atoms with Crippen LogP contribution in [0.25, 0.3) is 0 Å². The molecule has 0 rings (SSSR count). The zero-order chi connectivity index (χ0) is 16.1. The number of nitrogens with one attached hydrogen (secondary N) is 2. The van der Waals surface area contributed by atoms with Crippen LogP contribution in [-0.2, 0) is 0 Å². The molecule has 1 unspecified atom stereocenters. The number of hydrogen-bond acceptors (Lipinski definition) is 3. The summed E-state index contributed by atoms with van der Waals surface area (Å²) in [5.74, 6) is 1.99. The maximum atomic E-state index is 9.16. The van der Waals surface area contributed by atoms with Gasteiger partial charge in [0.2, 0.25) is 0 Å². The summed E-state index contributed by atoms with van der Waals surface area (Å²) in [5, 5.41) is 15.8. The molecule has 0 heterocycles. The number of aliphatic imine (C=N–C) groups is 1. The van der Waals surface area contributed by atoms with Crippen LogP contribution in [-0.4, -0.2) is 62.3 Å². The first-order valence-corrected chi connectivity index (χ1v) is 8.34. The highest BCUT2D eigenvalue weighted by Crippen LogP contribution is 2.15. The van der Waals surface area contributed by atoms with Gasteiger partial charge in [-0.15, -0.1) is 24.0 Å². The number of rotatable bonds is 11. The Hall–Kier alpha value is -0.0800. The van der Waals surface area contributed by atoms with Gasteiger partial charge in [0.15, 0.2) is 5.96 Å². The van der Waals surface area contributed by atoms with Crippen molar-refractivity contribution in [1.82, 2.24) is 15.5 Å². The van der Waals surface area contributed by atoms with E-state index >= 15 is 0 Å². The lowest BCUT2D eigenvalue weighted by Gasteiger charge is -2.19. The van der Waals surface area contributed by atoms with E-state index in [0.29, 0.717) is 11.8 Å². The average molecular weight is 428 g/mol. The molecule has 0 radical (unpaired) electrons. The summed E-state index contributed by atoms with van der Waals surface area (Å²) in [4.78, 5) is 6.94. The van der Waals surface area contributed by atoms with Gasteiger partial charge >= 0.3 is 0 Å². The van der Waals surface area contributed by atoms with Gasteiger partial charge in [-0.1, -0.05) is 20.8 Å². The fraction of sp³-hybridized carbons (Fsp3) is 0.938. The lowest BCUT2D eigenvalue weighted by Crippen LogP contribution is -2.41. The Balaban J connectivity index is 0. The normalized spacial score (nSPS) is 13.2. The third-order valence-electron chi connectivity index (χ3n) is 3.52. The maximum Gasteiger partial charge on any atom is 0.191 e. The molecule has 0 saturated heterocycles. The van der Waals surface area contributed by atoms with Gasteiger partial charge in [0.1, 0.15) is 0 Å². The second-order valence-corrected chi connectivity index (χ2v) is 6.05. The quantitative estimate of drug-likeness (QED) is 0.268. The predicted octanol–water partition coefficient (Wildman–Crippen LogP) is 2.16. The van der Waals surface area contributed by atoms with Crippen LogP contribution in [0.3, 0.4) is 0 Å². The standard InChI is InChI=1S/C16H36N4O.HI/c1-6-17-16(18-9-10-20(5)7-2)19-13-15(8-11-21)12-14(3)4;/h14-15,21H,6-13H2,1-5H3,(H2,17,18,19);1H. The minimum Gasteiger partial charge on any atom is -0.396 e. The van der Waals surface area contributed by atoms with E-state index in [0.717, 1.165) is 51.5 Å². The Kier molecular flexibility index (Phi) is 17.4. The van der Waals surface area contributed by atoms with Crippen molar-refractivity contribution in [2.75, 3.05) is 46.4 Å². The highest BCUT2D eigenvalue weighted by atomic mass is 127. The molecule has 0 aromatic rings. The largest absolute Gasteiger partial charge is 0.396 e. The molecule has 0 aromatic carbocycles. The third-order valence-corrected chi connectivity index (χ3v) is 3.52. The van der Waals surface area contributed by atoms with Gasteiger partial charge in [0.25, 0.3) is 0 Å². The van der Waals surface area contributed by atoms with E-state index in [2.05, 4.69) is 55.3 Å². The van der Waals surface area contributed by atoms with Gasteiger partial charge in [-0.3, -0.25) is 4.99 Å². The van der Waals surface area contributed by atoms with E-state index in [9.17, 15) is 0 Å². The topological polar surface area (TPSA) is 59.9 Å². The van der Waals surface area contributed by atoms with Crippen LogP contribution in [0.5, 0.6) is 0 Å². The molecule has 0 aliphatic rings. The van der Waals surface area contributed by atoms with E-state index in [1.54, 1.807) is 0 Å². The zero-order valence-electron chi connectivity index (χ0n) is 15.1. The van der Waals surface area contributed by atoms with Gasteiger partial charge in [-0.05, 0) is 45.2 Å². The summed E-state index contributed by atoms with van der Waals surface area (Å²) in [6.45, 7) is 13.5. The van der Waals surface area contributed by atoms with Crippen molar-refractivity contribution in [2.24, 2.45) is 16.8 Å². The fourth-order valence-corrected chi connectivity index (χ4v) is 2.22. The number of likely N-dealkylation sites (N-methyl/N-ethyl adjacent to an activating group) is 1. The summed E-state index contributed by atoms with van der Waals surface area (Å²) in [6, 6.07) is 0. The number of guanidine groups is 1. The number of nitrogens with zero attached hydrogens (tertiary/aromatic N) is 2. The first kappa shape index (κ1) is 24.2. The molecule has 22 heavy (non-hydrogen) atoms. The summed E-state index contributed by atoms with van der Waals surface area (Å²) in [5.41, 5.74) is 0. The van der Waals surface area contributed by atoms with Crippen molar-refractivity contribution >= 4 is 29.9 Å². The Labute approximate surface area is 154 Å². The second-order valence-electron chi connectivity index (χ2n) is 6.05. The van der Waals surface area contributed by atoms with Gasteiger partial charge in [0.05, 0.1) is 0 Å². The van der Waals surface area contributed by atoms with Gasteiger partial charge < -0.3 is 20.6 Å². The van der Waals surface area contributed by atoms with Crippen LogP contribution < -0.4 is 10.6 Å². The maximum absolute atomic E-state index is 9.16. The van der Waals surface area contributed by atoms with Crippen molar-refractivity contribution in [3.63, 3.8) is 0 Å². The van der Waals surface area contributed by atoms with E-state index in [1.807, 2.05) is 0 Å². The Morgan fingerprint density at radius 3 is 2.41 bits per heavy atom. The van der Waals surface area contributed by atoms with Crippen molar-refractivity contribution in [1.29, 1.82) is 0 Å². The molecule has 0 spiro atoms. The van der Waals surface area contributed by atoms with Crippen LogP contribution in [0.1, 0.15) is 40.5 Å². The van der Waals surface area contributed by atoms with Crippen molar-refractivity contribution in [3.8, 4) is 0 Å². The van der Waals surface area contributed by atoms with Crippen LogP contribution in [0.4, 0.5) is 0 Å². The van der Waals surface area contributed by atoms with Gasteiger partial charge in [0, 0.05) is 32.8 Å². The minimum atomic E-state index is 0. The molecular formula is C16H37IN4O. The Morgan fingerprint density at radius 2 is 1.91 bits per heavy atom. The summed E-state index contributed by atoms with van der Waals surface area (Å²) in [6.07, 6.45) is 1.95. The first-order valence-electron chi connectivity index (χ1n) is 8.34. The molecule has 3 N–H and O–H groups in total. The lowest BCUT2D eigenvalue weighted by atomic mass is 9.94.